The number of hydrogen-bond acceptors (Lipinski definition) is 5. The van der Waals surface area contributed by atoms with Gasteiger partial charge >= 0.3 is 5.97 Å². The molecule has 0 saturated carbocycles. The molecule has 2 aromatic carbocycles. The first-order chi connectivity index (χ1) is 14.0. The van der Waals surface area contributed by atoms with E-state index in [1.807, 2.05) is 42.5 Å². The highest BCUT2D eigenvalue weighted by Gasteiger charge is 2.19. The summed E-state index contributed by atoms with van der Waals surface area (Å²) in [6, 6.07) is 13.3. The maximum atomic E-state index is 12.3. The molecule has 0 aliphatic heterocycles. The summed E-state index contributed by atoms with van der Waals surface area (Å²) in [4.78, 5) is 24.5. The van der Waals surface area contributed by atoms with E-state index in [-0.39, 0.29) is 12.3 Å². The number of aryl methyl sites for hydroxylation is 1. The zero-order chi connectivity index (χ0) is 20.8. The number of hydrogen-bond donors (Lipinski definition) is 1. The van der Waals surface area contributed by atoms with Gasteiger partial charge in [-0.25, -0.2) is 0 Å². The summed E-state index contributed by atoms with van der Waals surface area (Å²) in [7, 11) is 1.60. The van der Waals surface area contributed by atoms with Crippen molar-refractivity contribution < 1.29 is 23.5 Å². The molecule has 1 atom stereocenters. The molecule has 152 valence electrons. The fraction of sp³-hybridized carbons (Fsp3) is 0.304. The Bertz CT molecular complexity index is 990. The minimum Gasteiger partial charge on any atom is -0.497 e. The molecule has 0 aliphatic rings. The predicted octanol–water partition coefficient (Wildman–Crippen LogP) is 3.79. The van der Waals surface area contributed by atoms with Crippen molar-refractivity contribution in [2.24, 2.45) is 0 Å². The molecular weight excluding hydrogens is 370 g/mol. The molecule has 3 rings (SSSR count). The van der Waals surface area contributed by atoms with Gasteiger partial charge < -0.3 is 19.2 Å². The molecule has 1 amide bonds. The molecule has 1 heterocycles. The second kappa shape index (κ2) is 9.28. The summed E-state index contributed by atoms with van der Waals surface area (Å²) in [6.07, 6.45) is 1.65. The van der Waals surface area contributed by atoms with E-state index >= 15 is 0 Å². The van der Waals surface area contributed by atoms with Gasteiger partial charge in [0.25, 0.3) is 5.91 Å². The molecule has 1 N–H and O–H groups in total. The average molecular weight is 395 g/mol. The highest BCUT2D eigenvalue weighted by Crippen LogP contribution is 2.23. The van der Waals surface area contributed by atoms with Gasteiger partial charge in [0.05, 0.1) is 19.8 Å². The Morgan fingerprint density at radius 2 is 1.83 bits per heavy atom. The molecule has 1 aromatic heterocycles. The Morgan fingerprint density at radius 3 is 2.52 bits per heavy atom. The van der Waals surface area contributed by atoms with Crippen LogP contribution in [0.15, 0.2) is 53.1 Å². The fourth-order valence-electron chi connectivity index (χ4n) is 3.01. The summed E-state index contributed by atoms with van der Waals surface area (Å²) in [5.74, 6) is -0.0711. The zero-order valence-corrected chi connectivity index (χ0v) is 16.9. The van der Waals surface area contributed by atoms with Crippen molar-refractivity contribution in [1.29, 1.82) is 0 Å². The van der Waals surface area contributed by atoms with E-state index in [4.69, 9.17) is 13.9 Å². The first-order valence-electron chi connectivity index (χ1n) is 9.59. The Morgan fingerprint density at radius 1 is 1.10 bits per heavy atom. The third kappa shape index (κ3) is 5.16. The standard InChI is InChI=1S/C23H25NO5/c1-4-16-7-10-20-18(14-28-21(20)11-16)12-22(25)29-15(2)23(26)24-13-17-5-8-19(27-3)9-6-17/h5-11,14-15H,4,12-13H2,1-3H3,(H,24,26)/t15-/m1/s1. The van der Waals surface area contributed by atoms with E-state index in [9.17, 15) is 9.59 Å². The maximum absolute atomic E-state index is 12.3. The van der Waals surface area contributed by atoms with Gasteiger partial charge in [0.2, 0.25) is 0 Å². The van der Waals surface area contributed by atoms with E-state index in [2.05, 4.69) is 12.2 Å². The van der Waals surface area contributed by atoms with Crippen LogP contribution in [0.3, 0.4) is 0 Å². The Labute approximate surface area is 169 Å². The van der Waals surface area contributed by atoms with Crippen LogP contribution in [0.4, 0.5) is 0 Å². The van der Waals surface area contributed by atoms with Crippen molar-refractivity contribution in [2.75, 3.05) is 7.11 Å². The van der Waals surface area contributed by atoms with E-state index in [0.29, 0.717) is 6.54 Å². The molecule has 6 nitrogen and oxygen atoms in total. The zero-order valence-electron chi connectivity index (χ0n) is 16.9. The molecule has 0 radical (unpaired) electrons. The van der Waals surface area contributed by atoms with Crippen LogP contribution in [-0.2, 0) is 33.7 Å². The Balaban J connectivity index is 1.52. The van der Waals surface area contributed by atoms with Crippen molar-refractivity contribution in [1.82, 2.24) is 5.32 Å². The van der Waals surface area contributed by atoms with Crippen molar-refractivity contribution in [3.05, 3.63) is 65.4 Å². The molecular formula is C23H25NO5. The van der Waals surface area contributed by atoms with Gasteiger partial charge in [0.1, 0.15) is 11.3 Å². The van der Waals surface area contributed by atoms with Gasteiger partial charge in [0.15, 0.2) is 6.10 Å². The van der Waals surface area contributed by atoms with Crippen molar-refractivity contribution in [3.63, 3.8) is 0 Å². The van der Waals surface area contributed by atoms with Crippen LogP contribution in [0.1, 0.15) is 30.5 Å². The number of rotatable bonds is 8. The number of benzene rings is 2. The lowest BCUT2D eigenvalue weighted by molar-refractivity contribution is -0.154. The van der Waals surface area contributed by atoms with E-state index in [1.165, 1.54) is 5.56 Å². The van der Waals surface area contributed by atoms with E-state index in [0.717, 1.165) is 34.3 Å². The molecule has 3 aromatic rings. The van der Waals surface area contributed by atoms with Crippen molar-refractivity contribution in [2.45, 2.75) is 39.3 Å². The summed E-state index contributed by atoms with van der Waals surface area (Å²) in [5, 5.41) is 3.65. The lowest BCUT2D eigenvalue weighted by atomic mass is 10.1. The molecule has 29 heavy (non-hydrogen) atoms. The molecule has 0 aliphatic carbocycles. The topological polar surface area (TPSA) is 77.8 Å². The number of amides is 1. The number of carbonyl (C=O) groups excluding carboxylic acids is 2. The van der Waals surface area contributed by atoms with Gasteiger partial charge in [-0.1, -0.05) is 31.2 Å². The van der Waals surface area contributed by atoms with E-state index in [1.54, 1.807) is 20.3 Å². The minimum atomic E-state index is -0.884. The first kappa shape index (κ1) is 20.5. The number of methoxy groups -OCH3 is 1. The highest BCUT2D eigenvalue weighted by molar-refractivity contribution is 5.88. The fourth-order valence-corrected chi connectivity index (χ4v) is 3.01. The number of nitrogens with one attached hydrogen (secondary N) is 1. The van der Waals surface area contributed by atoms with Crippen LogP contribution in [-0.4, -0.2) is 25.1 Å². The van der Waals surface area contributed by atoms with Crippen LogP contribution in [0, 0.1) is 0 Å². The number of fused-ring (bicyclic) bond motifs is 1. The largest absolute Gasteiger partial charge is 0.497 e. The summed E-state index contributed by atoms with van der Waals surface area (Å²) < 4.78 is 16.0. The van der Waals surface area contributed by atoms with Crippen molar-refractivity contribution >= 4 is 22.8 Å². The highest BCUT2D eigenvalue weighted by atomic mass is 16.5. The van der Waals surface area contributed by atoms with Crippen molar-refractivity contribution in [3.8, 4) is 5.75 Å². The third-order valence-electron chi connectivity index (χ3n) is 4.77. The number of carbonyl (C=O) groups is 2. The molecule has 0 bridgehead atoms. The predicted molar refractivity (Wildman–Crippen MR) is 110 cm³/mol. The van der Waals surface area contributed by atoms with Gasteiger partial charge in [-0.3, -0.25) is 9.59 Å². The number of esters is 1. The lowest BCUT2D eigenvalue weighted by Crippen LogP contribution is -2.35. The average Bonchev–Trinajstić information content (AvgIpc) is 3.13. The quantitative estimate of drug-likeness (QED) is 0.587. The molecule has 0 spiro atoms. The monoisotopic (exact) mass is 395 g/mol. The summed E-state index contributed by atoms with van der Waals surface area (Å²) in [6.45, 7) is 3.97. The van der Waals surface area contributed by atoms with Gasteiger partial charge in [0, 0.05) is 17.5 Å². The molecule has 6 heteroatoms. The van der Waals surface area contributed by atoms with Crippen LogP contribution in [0.2, 0.25) is 0 Å². The van der Waals surface area contributed by atoms with Gasteiger partial charge in [-0.15, -0.1) is 0 Å². The van der Waals surface area contributed by atoms with Crippen LogP contribution < -0.4 is 10.1 Å². The minimum absolute atomic E-state index is 0.0502. The van der Waals surface area contributed by atoms with Gasteiger partial charge in [-0.05, 0) is 42.7 Å². The second-order valence-corrected chi connectivity index (χ2v) is 6.82. The van der Waals surface area contributed by atoms with Gasteiger partial charge in [-0.2, -0.15) is 0 Å². The van der Waals surface area contributed by atoms with Crippen LogP contribution in [0.5, 0.6) is 5.75 Å². The number of furan rings is 1. The Kier molecular flexibility index (Phi) is 6.54. The normalized spacial score (nSPS) is 11.8. The van der Waals surface area contributed by atoms with Crippen LogP contribution >= 0.6 is 0 Å². The summed E-state index contributed by atoms with van der Waals surface area (Å²) in [5.41, 5.74) is 3.59. The molecule has 0 unspecified atom stereocenters. The molecule has 0 saturated heterocycles. The Hall–Kier alpha value is -3.28. The molecule has 0 fully saturated rings. The van der Waals surface area contributed by atoms with Crippen LogP contribution in [0.25, 0.3) is 11.0 Å². The number of ether oxygens (including phenoxy) is 2. The summed E-state index contributed by atoms with van der Waals surface area (Å²) >= 11 is 0. The second-order valence-electron chi connectivity index (χ2n) is 6.82. The third-order valence-corrected chi connectivity index (χ3v) is 4.77. The first-order valence-corrected chi connectivity index (χ1v) is 9.59. The van der Waals surface area contributed by atoms with E-state index < -0.39 is 12.1 Å². The SMILES string of the molecule is CCc1ccc2c(CC(=O)O[C@H](C)C(=O)NCc3ccc(OC)cc3)coc2c1. The lowest BCUT2D eigenvalue weighted by Gasteiger charge is -2.13. The smallest absolute Gasteiger partial charge is 0.311 e. The maximum Gasteiger partial charge on any atom is 0.311 e.